The smallest absolute Gasteiger partial charge is 0.0635 e. The van der Waals surface area contributed by atoms with Crippen LogP contribution in [0.4, 0.5) is 0 Å². The van der Waals surface area contributed by atoms with E-state index in [0.29, 0.717) is 6.10 Å². The van der Waals surface area contributed by atoms with Gasteiger partial charge in [-0.2, -0.15) is 0 Å². The highest BCUT2D eigenvalue weighted by molar-refractivity contribution is 5.25. The standard InChI is InChI=1S/C14H23N3O/c1-10-8-11(2)14(16-9-10)13(17-15)6-5-12-4-3-7-18-12/h8-9,12-13,17H,3-7,15H2,1-2H3. The SMILES string of the molecule is Cc1cnc(C(CCC2CCCO2)NN)c(C)c1. The minimum absolute atomic E-state index is 0.120. The van der Waals surface area contributed by atoms with Crippen LogP contribution in [0.15, 0.2) is 12.3 Å². The molecule has 0 amide bonds. The molecule has 0 spiro atoms. The molecule has 2 atom stereocenters. The molecular formula is C14H23N3O. The lowest BCUT2D eigenvalue weighted by Crippen LogP contribution is -2.30. The molecule has 2 rings (SSSR count). The van der Waals surface area contributed by atoms with Crippen LogP contribution in [0.1, 0.15) is 48.5 Å². The van der Waals surface area contributed by atoms with Gasteiger partial charge in [0.05, 0.1) is 17.8 Å². The van der Waals surface area contributed by atoms with Crippen LogP contribution in [-0.2, 0) is 4.74 Å². The maximum Gasteiger partial charge on any atom is 0.0635 e. The average Bonchev–Trinajstić information content (AvgIpc) is 2.85. The normalized spacial score (nSPS) is 21.2. The summed E-state index contributed by atoms with van der Waals surface area (Å²) in [5.41, 5.74) is 6.33. The number of aromatic nitrogens is 1. The van der Waals surface area contributed by atoms with E-state index in [4.69, 9.17) is 10.6 Å². The van der Waals surface area contributed by atoms with Crippen molar-refractivity contribution < 1.29 is 4.74 Å². The Kier molecular flexibility index (Phi) is 4.69. The second kappa shape index (κ2) is 6.27. The van der Waals surface area contributed by atoms with Crippen molar-refractivity contribution in [2.24, 2.45) is 5.84 Å². The molecule has 1 aliphatic heterocycles. The van der Waals surface area contributed by atoms with Gasteiger partial charge in [0.25, 0.3) is 0 Å². The number of ether oxygens (including phenoxy) is 1. The van der Waals surface area contributed by atoms with E-state index in [2.05, 4.69) is 30.3 Å². The molecular weight excluding hydrogens is 226 g/mol. The third kappa shape index (κ3) is 3.28. The minimum atomic E-state index is 0.120. The monoisotopic (exact) mass is 249 g/mol. The van der Waals surface area contributed by atoms with E-state index in [9.17, 15) is 0 Å². The van der Waals surface area contributed by atoms with Crippen LogP contribution in [0.3, 0.4) is 0 Å². The molecule has 2 unspecified atom stereocenters. The highest BCUT2D eigenvalue weighted by atomic mass is 16.5. The lowest BCUT2D eigenvalue weighted by Gasteiger charge is -2.19. The van der Waals surface area contributed by atoms with Crippen LogP contribution in [0.25, 0.3) is 0 Å². The Hall–Kier alpha value is -0.970. The topological polar surface area (TPSA) is 60.2 Å². The van der Waals surface area contributed by atoms with Gasteiger partial charge in [0.2, 0.25) is 0 Å². The van der Waals surface area contributed by atoms with Crippen LogP contribution < -0.4 is 11.3 Å². The first-order chi connectivity index (χ1) is 8.70. The molecule has 1 aliphatic rings. The maximum absolute atomic E-state index is 5.67. The van der Waals surface area contributed by atoms with Gasteiger partial charge < -0.3 is 4.74 Å². The Morgan fingerprint density at radius 3 is 3.00 bits per heavy atom. The highest BCUT2D eigenvalue weighted by Crippen LogP contribution is 2.24. The molecule has 18 heavy (non-hydrogen) atoms. The van der Waals surface area contributed by atoms with Crippen molar-refractivity contribution in [2.45, 2.75) is 51.7 Å². The molecule has 4 nitrogen and oxygen atoms in total. The van der Waals surface area contributed by atoms with E-state index < -0.39 is 0 Å². The van der Waals surface area contributed by atoms with E-state index in [0.717, 1.165) is 25.1 Å². The predicted molar refractivity (Wildman–Crippen MR) is 72.0 cm³/mol. The van der Waals surface area contributed by atoms with Crippen molar-refractivity contribution in [3.8, 4) is 0 Å². The highest BCUT2D eigenvalue weighted by Gasteiger charge is 2.19. The summed E-state index contributed by atoms with van der Waals surface area (Å²) in [5, 5.41) is 0. The van der Waals surface area contributed by atoms with E-state index in [1.807, 2.05) is 6.20 Å². The van der Waals surface area contributed by atoms with Gasteiger partial charge in [0.15, 0.2) is 0 Å². The van der Waals surface area contributed by atoms with Gasteiger partial charge in [-0.3, -0.25) is 16.3 Å². The van der Waals surface area contributed by atoms with Crippen LogP contribution in [0.2, 0.25) is 0 Å². The Morgan fingerprint density at radius 2 is 2.39 bits per heavy atom. The number of hydrogen-bond donors (Lipinski definition) is 2. The molecule has 2 heterocycles. The van der Waals surface area contributed by atoms with Crippen LogP contribution in [-0.4, -0.2) is 17.7 Å². The molecule has 0 saturated carbocycles. The molecule has 1 fully saturated rings. The fourth-order valence-corrected chi connectivity index (χ4v) is 2.61. The Balaban J connectivity index is 1.98. The molecule has 0 bridgehead atoms. The second-order valence-electron chi connectivity index (χ2n) is 5.15. The molecule has 3 N–H and O–H groups in total. The summed E-state index contributed by atoms with van der Waals surface area (Å²) in [5.74, 6) is 5.67. The zero-order chi connectivity index (χ0) is 13.0. The molecule has 0 radical (unpaired) electrons. The summed E-state index contributed by atoms with van der Waals surface area (Å²) < 4.78 is 5.64. The number of nitrogens with one attached hydrogen (secondary N) is 1. The first-order valence-corrected chi connectivity index (χ1v) is 6.71. The largest absolute Gasteiger partial charge is 0.378 e. The summed E-state index contributed by atoms with van der Waals surface area (Å²) in [6, 6.07) is 2.27. The van der Waals surface area contributed by atoms with Crippen molar-refractivity contribution in [3.05, 3.63) is 29.1 Å². The zero-order valence-corrected chi connectivity index (χ0v) is 11.3. The van der Waals surface area contributed by atoms with Crippen molar-refractivity contribution >= 4 is 0 Å². The van der Waals surface area contributed by atoms with E-state index >= 15 is 0 Å². The Labute approximate surface area is 109 Å². The average molecular weight is 249 g/mol. The first kappa shape index (κ1) is 13.5. The summed E-state index contributed by atoms with van der Waals surface area (Å²) >= 11 is 0. The Bertz CT molecular complexity index is 389. The molecule has 100 valence electrons. The van der Waals surface area contributed by atoms with Crippen LogP contribution in [0, 0.1) is 13.8 Å². The number of nitrogens with two attached hydrogens (primary N) is 1. The van der Waals surface area contributed by atoms with Gasteiger partial charge in [-0.25, -0.2) is 0 Å². The first-order valence-electron chi connectivity index (χ1n) is 6.71. The fraction of sp³-hybridized carbons (Fsp3) is 0.643. The number of hydrogen-bond acceptors (Lipinski definition) is 4. The Morgan fingerprint density at radius 1 is 1.56 bits per heavy atom. The molecule has 1 saturated heterocycles. The van der Waals surface area contributed by atoms with Crippen molar-refractivity contribution in [2.75, 3.05) is 6.61 Å². The molecule has 4 heteroatoms. The fourth-order valence-electron chi connectivity index (χ4n) is 2.61. The third-order valence-corrected chi connectivity index (χ3v) is 3.59. The van der Waals surface area contributed by atoms with Gasteiger partial charge in [-0.1, -0.05) is 6.07 Å². The maximum atomic E-state index is 5.67. The van der Waals surface area contributed by atoms with Gasteiger partial charge in [0, 0.05) is 12.8 Å². The van der Waals surface area contributed by atoms with Crippen LogP contribution >= 0.6 is 0 Å². The summed E-state index contributed by atoms with van der Waals surface area (Å²) in [6.45, 7) is 5.06. The number of nitrogens with zero attached hydrogens (tertiary/aromatic N) is 1. The minimum Gasteiger partial charge on any atom is -0.378 e. The zero-order valence-electron chi connectivity index (χ0n) is 11.3. The van der Waals surface area contributed by atoms with E-state index in [1.54, 1.807) is 0 Å². The van der Waals surface area contributed by atoms with Gasteiger partial charge in [-0.15, -0.1) is 0 Å². The quantitative estimate of drug-likeness (QED) is 0.620. The lowest BCUT2D eigenvalue weighted by molar-refractivity contribution is 0.0994. The predicted octanol–water partition coefficient (Wildman–Crippen LogP) is 2.16. The summed E-state index contributed by atoms with van der Waals surface area (Å²) in [7, 11) is 0. The third-order valence-electron chi connectivity index (χ3n) is 3.59. The van der Waals surface area contributed by atoms with E-state index in [1.165, 1.54) is 24.0 Å². The van der Waals surface area contributed by atoms with Crippen molar-refractivity contribution in [1.29, 1.82) is 0 Å². The number of aryl methyl sites for hydroxylation is 2. The van der Waals surface area contributed by atoms with Crippen molar-refractivity contribution in [3.63, 3.8) is 0 Å². The van der Waals surface area contributed by atoms with Gasteiger partial charge in [0.1, 0.15) is 0 Å². The molecule has 1 aromatic rings. The lowest BCUT2D eigenvalue weighted by atomic mass is 10.00. The van der Waals surface area contributed by atoms with Gasteiger partial charge >= 0.3 is 0 Å². The van der Waals surface area contributed by atoms with Crippen LogP contribution in [0.5, 0.6) is 0 Å². The van der Waals surface area contributed by atoms with Gasteiger partial charge in [-0.05, 0) is 50.7 Å². The number of pyridine rings is 1. The molecule has 1 aromatic heterocycles. The number of rotatable bonds is 5. The molecule has 0 aromatic carbocycles. The molecule has 0 aliphatic carbocycles. The summed E-state index contributed by atoms with van der Waals surface area (Å²) in [6.07, 6.45) is 6.69. The van der Waals surface area contributed by atoms with E-state index in [-0.39, 0.29) is 6.04 Å². The van der Waals surface area contributed by atoms with Crippen molar-refractivity contribution in [1.82, 2.24) is 10.4 Å². The number of hydrazine groups is 1. The summed E-state index contributed by atoms with van der Waals surface area (Å²) in [4.78, 5) is 4.51. The second-order valence-corrected chi connectivity index (χ2v) is 5.15.